The Labute approximate surface area is 122 Å². The molecule has 0 saturated carbocycles. The van der Waals surface area contributed by atoms with Crippen molar-refractivity contribution >= 4 is 16.5 Å². The highest BCUT2D eigenvalue weighted by Gasteiger charge is 2.10. The van der Waals surface area contributed by atoms with Crippen molar-refractivity contribution in [3.8, 4) is 6.07 Å². The molecule has 2 aromatic rings. The third kappa shape index (κ3) is 3.49. The Kier molecular flexibility index (Phi) is 4.40. The van der Waals surface area contributed by atoms with Gasteiger partial charge >= 0.3 is 0 Å². The molecule has 0 fully saturated rings. The van der Waals surface area contributed by atoms with Gasteiger partial charge in [0.2, 0.25) is 0 Å². The van der Waals surface area contributed by atoms with Crippen molar-refractivity contribution < 1.29 is 13.5 Å². The molecule has 0 radical (unpaired) electrons. The number of nitriles is 1. The van der Waals surface area contributed by atoms with Crippen LogP contribution in [0.4, 0.5) is 10.1 Å². The first-order valence-electron chi connectivity index (χ1n) is 5.82. The average Bonchev–Trinajstić information content (AvgIpc) is 2.49. The minimum Gasteiger partial charge on any atom is -0.258 e. The Bertz CT molecular complexity index is 754. The molecule has 0 saturated heterocycles. The molecular formula is C14H9FN2O3S. The van der Waals surface area contributed by atoms with Crippen LogP contribution < -0.4 is 0 Å². The number of nitro benzene ring substituents is 1. The number of hydrogen-bond acceptors (Lipinski definition) is 4. The predicted molar refractivity (Wildman–Crippen MR) is 74.3 cm³/mol. The van der Waals surface area contributed by atoms with E-state index in [4.69, 9.17) is 5.26 Å². The molecule has 0 N–H and O–H groups in total. The van der Waals surface area contributed by atoms with E-state index in [0.29, 0.717) is 10.5 Å². The third-order valence-corrected chi connectivity index (χ3v) is 4.15. The summed E-state index contributed by atoms with van der Waals surface area (Å²) >= 11 is 0. The zero-order valence-electron chi connectivity index (χ0n) is 10.7. The molecule has 0 aromatic heterocycles. The van der Waals surface area contributed by atoms with E-state index in [0.717, 1.165) is 6.07 Å². The molecule has 0 bridgehead atoms. The zero-order valence-corrected chi connectivity index (χ0v) is 11.5. The highest BCUT2D eigenvalue weighted by Crippen LogP contribution is 2.18. The van der Waals surface area contributed by atoms with Crippen LogP contribution in [0.1, 0.15) is 11.1 Å². The summed E-state index contributed by atoms with van der Waals surface area (Å²) in [5.41, 5.74) is 0.377. The van der Waals surface area contributed by atoms with Crippen LogP contribution in [0, 0.1) is 27.3 Å². The van der Waals surface area contributed by atoms with Gasteiger partial charge in [-0.05, 0) is 29.8 Å². The minimum absolute atomic E-state index is 0.0794. The molecule has 21 heavy (non-hydrogen) atoms. The van der Waals surface area contributed by atoms with Crippen LogP contribution in [-0.2, 0) is 16.6 Å². The number of nitro groups is 1. The highest BCUT2D eigenvalue weighted by atomic mass is 32.2. The van der Waals surface area contributed by atoms with Gasteiger partial charge in [-0.3, -0.25) is 14.3 Å². The fraction of sp³-hybridized carbons (Fsp3) is 0.0714. The predicted octanol–water partition coefficient (Wildman–Crippen LogP) is 2.91. The second-order valence-corrected chi connectivity index (χ2v) is 5.62. The first-order valence-corrected chi connectivity index (χ1v) is 7.14. The molecule has 2 rings (SSSR count). The largest absolute Gasteiger partial charge is 0.269 e. The van der Waals surface area contributed by atoms with E-state index in [2.05, 4.69) is 0 Å². The lowest BCUT2D eigenvalue weighted by molar-refractivity contribution is -0.384. The van der Waals surface area contributed by atoms with Gasteiger partial charge in [-0.25, -0.2) is 4.39 Å². The lowest BCUT2D eigenvalue weighted by atomic mass is 10.1. The minimum atomic E-state index is -1.43. The van der Waals surface area contributed by atoms with Crippen LogP contribution in [0.15, 0.2) is 47.4 Å². The van der Waals surface area contributed by atoms with Crippen molar-refractivity contribution in [2.45, 2.75) is 10.6 Å². The summed E-state index contributed by atoms with van der Waals surface area (Å²) < 4.78 is 25.3. The number of rotatable bonds is 4. The van der Waals surface area contributed by atoms with Crippen LogP contribution in [0.3, 0.4) is 0 Å². The van der Waals surface area contributed by atoms with Gasteiger partial charge < -0.3 is 0 Å². The fourth-order valence-electron chi connectivity index (χ4n) is 1.70. The van der Waals surface area contributed by atoms with Gasteiger partial charge in [0, 0.05) is 17.0 Å². The molecule has 0 aliphatic rings. The SMILES string of the molecule is N#Cc1cc(CS(=O)c2ccc([N+](=O)[O-])cc2)ccc1F. The topological polar surface area (TPSA) is 84.0 Å². The molecule has 2 aromatic carbocycles. The van der Waals surface area contributed by atoms with Gasteiger partial charge in [0.15, 0.2) is 0 Å². The number of halogens is 1. The summed E-state index contributed by atoms with van der Waals surface area (Å²) in [6.45, 7) is 0. The molecule has 0 amide bonds. The molecule has 1 unspecified atom stereocenters. The lowest BCUT2D eigenvalue weighted by Gasteiger charge is -2.03. The van der Waals surface area contributed by atoms with Gasteiger partial charge in [0.05, 0.1) is 27.0 Å². The van der Waals surface area contributed by atoms with Gasteiger partial charge in [-0.15, -0.1) is 0 Å². The van der Waals surface area contributed by atoms with E-state index >= 15 is 0 Å². The molecule has 0 aliphatic heterocycles. The fourth-order valence-corrected chi connectivity index (χ4v) is 2.79. The molecule has 1 atom stereocenters. The van der Waals surface area contributed by atoms with E-state index in [1.807, 2.05) is 0 Å². The standard InChI is InChI=1S/C14H9FN2O3S/c15-14-6-1-10(7-11(14)8-16)9-21(20)13-4-2-12(3-5-13)17(18)19/h1-7H,9H2. The zero-order chi connectivity index (χ0) is 15.4. The van der Waals surface area contributed by atoms with Crippen molar-refractivity contribution in [2.24, 2.45) is 0 Å². The molecule has 0 heterocycles. The van der Waals surface area contributed by atoms with Gasteiger partial charge in [0.25, 0.3) is 5.69 Å². The number of benzene rings is 2. The van der Waals surface area contributed by atoms with E-state index < -0.39 is 21.5 Å². The van der Waals surface area contributed by atoms with Crippen molar-refractivity contribution in [3.05, 3.63) is 69.5 Å². The Morgan fingerprint density at radius 3 is 2.48 bits per heavy atom. The summed E-state index contributed by atoms with van der Waals surface area (Å²) in [6, 6.07) is 11.1. The maximum Gasteiger partial charge on any atom is 0.269 e. The van der Waals surface area contributed by atoms with Crippen molar-refractivity contribution in [3.63, 3.8) is 0 Å². The third-order valence-electron chi connectivity index (χ3n) is 2.76. The first-order chi connectivity index (χ1) is 10.0. The first kappa shape index (κ1) is 14.8. The van der Waals surface area contributed by atoms with Crippen LogP contribution in [0.5, 0.6) is 0 Å². The molecule has 5 nitrogen and oxygen atoms in total. The number of hydrogen-bond donors (Lipinski definition) is 0. The van der Waals surface area contributed by atoms with Crippen molar-refractivity contribution in [2.75, 3.05) is 0 Å². The molecular weight excluding hydrogens is 295 g/mol. The number of nitrogens with zero attached hydrogens (tertiary/aromatic N) is 2. The maximum atomic E-state index is 13.2. The van der Waals surface area contributed by atoms with Crippen molar-refractivity contribution in [1.82, 2.24) is 0 Å². The molecule has 7 heteroatoms. The van der Waals surface area contributed by atoms with Crippen LogP contribution in [0.25, 0.3) is 0 Å². The van der Waals surface area contributed by atoms with Gasteiger partial charge in [-0.1, -0.05) is 6.07 Å². The molecule has 106 valence electrons. The second-order valence-electron chi connectivity index (χ2n) is 4.17. The molecule has 0 spiro atoms. The van der Waals surface area contributed by atoms with Crippen LogP contribution in [0.2, 0.25) is 0 Å². The summed E-state index contributed by atoms with van der Waals surface area (Å²) in [4.78, 5) is 10.4. The second kappa shape index (κ2) is 6.24. The van der Waals surface area contributed by atoms with Crippen molar-refractivity contribution in [1.29, 1.82) is 5.26 Å². The Balaban J connectivity index is 2.18. The number of non-ortho nitro benzene ring substituents is 1. The van der Waals surface area contributed by atoms with E-state index in [1.165, 1.54) is 36.4 Å². The Hall–Kier alpha value is -2.59. The summed E-state index contributed by atoms with van der Waals surface area (Å²) in [7, 11) is -1.43. The highest BCUT2D eigenvalue weighted by molar-refractivity contribution is 7.84. The summed E-state index contributed by atoms with van der Waals surface area (Å²) in [5, 5.41) is 19.3. The summed E-state index contributed by atoms with van der Waals surface area (Å²) in [5.74, 6) is -0.519. The van der Waals surface area contributed by atoms with E-state index in [-0.39, 0.29) is 17.0 Å². The normalized spacial score (nSPS) is 11.6. The monoisotopic (exact) mass is 304 g/mol. The van der Waals surface area contributed by atoms with E-state index in [1.54, 1.807) is 6.07 Å². The van der Waals surface area contributed by atoms with Crippen LogP contribution >= 0.6 is 0 Å². The van der Waals surface area contributed by atoms with Crippen LogP contribution in [-0.4, -0.2) is 9.13 Å². The summed E-state index contributed by atoms with van der Waals surface area (Å²) in [6.07, 6.45) is 0. The van der Waals surface area contributed by atoms with E-state index in [9.17, 15) is 18.7 Å². The van der Waals surface area contributed by atoms with Gasteiger partial charge in [-0.2, -0.15) is 5.26 Å². The lowest BCUT2D eigenvalue weighted by Crippen LogP contribution is -1.98. The smallest absolute Gasteiger partial charge is 0.258 e. The van der Waals surface area contributed by atoms with Gasteiger partial charge in [0.1, 0.15) is 11.9 Å². The Morgan fingerprint density at radius 2 is 1.90 bits per heavy atom. The Morgan fingerprint density at radius 1 is 1.24 bits per heavy atom. The average molecular weight is 304 g/mol. The molecule has 0 aliphatic carbocycles. The quantitative estimate of drug-likeness (QED) is 0.642. The maximum absolute atomic E-state index is 13.2.